The molecule has 0 nitrogen and oxygen atoms in total. The average molecular weight is 462 g/mol. The molecule has 24 heavy (non-hydrogen) atoms. The van der Waals surface area contributed by atoms with E-state index in [0.29, 0.717) is 0 Å². The Bertz CT molecular complexity index is 567. The van der Waals surface area contributed by atoms with E-state index in [9.17, 15) is 0 Å². The molecule has 0 amide bonds. The summed E-state index contributed by atoms with van der Waals surface area (Å²) >= 11 is 8.90. The van der Waals surface area contributed by atoms with Crippen molar-refractivity contribution in [2.24, 2.45) is 0 Å². The van der Waals surface area contributed by atoms with Crippen molar-refractivity contribution in [2.75, 3.05) is 11.5 Å². The molecule has 0 aliphatic heterocycles. The third-order valence-corrected chi connectivity index (χ3v) is 6.67. The van der Waals surface area contributed by atoms with Crippen molar-refractivity contribution >= 4 is 49.1 Å². The fourth-order valence-corrected chi connectivity index (χ4v) is 4.89. The number of hydrogen-bond acceptors (Lipinski definition) is 2. The van der Waals surface area contributed by atoms with Crippen LogP contribution in [-0.2, 0) is 45.7 Å². The summed E-state index contributed by atoms with van der Waals surface area (Å²) in [6.45, 7) is 0. The first-order chi connectivity index (χ1) is 11.4. The van der Waals surface area contributed by atoms with Crippen LogP contribution >= 0.6 is 7.92 Å². The van der Waals surface area contributed by atoms with Crippen molar-refractivity contribution in [1.82, 2.24) is 0 Å². The molecule has 3 aromatic rings. The van der Waals surface area contributed by atoms with E-state index in [4.69, 9.17) is 0 Å². The Kier molecular flexibility index (Phi) is 11.4. The van der Waals surface area contributed by atoms with Crippen LogP contribution in [0.3, 0.4) is 0 Å². The molecule has 0 atom stereocenters. The topological polar surface area (TPSA) is 0 Å². The molecule has 0 radical (unpaired) electrons. The maximum absolute atomic E-state index is 4.45. The molecule has 128 valence electrons. The molecule has 0 unspecified atom stereocenters. The molecule has 0 aliphatic carbocycles. The SMILES string of the molecule is [Pd].[S-]CC[S-].c1ccc([PH+](c2ccccc2)c2ccccc2)cc1. The molecule has 0 aliphatic rings. The van der Waals surface area contributed by atoms with E-state index in [1.165, 1.54) is 15.9 Å². The normalized spacial score (nSPS) is 9.62. The summed E-state index contributed by atoms with van der Waals surface area (Å²) in [4.78, 5) is 0. The summed E-state index contributed by atoms with van der Waals surface area (Å²) in [6.07, 6.45) is 0. The second-order valence-electron chi connectivity index (χ2n) is 4.88. The predicted octanol–water partition coefficient (Wildman–Crippen LogP) is 3.25. The third-order valence-electron chi connectivity index (χ3n) is 3.27. The summed E-state index contributed by atoms with van der Waals surface area (Å²) < 4.78 is 0. The van der Waals surface area contributed by atoms with Gasteiger partial charge in [-0.15, -0.1) is 0 Å². The molecule has 0 saturated heterocycles. The first-order valence-electron chi connectivity index (χ1n) is 7.56. The summed E-state index contributed by atoms with van der Waals surface area (Å²) in [7, 11) is -0.877. The summed E-state index contributed by atoms with van der Waals surface area (Å²) in [6, 6.07) is 32.5. The van der Waals surface area contributed by atoms with Gasteiger partial charge in [-0.05, 0) is 36.4 Å². The van der Waals surface area contributed by atoms with Gasteiger partial charge in [0.2, 0.25) is 0 Å². The van der Waals surface area contributed by atoms with Gasteiger partial charge in [0.25, 0.3) is 0 Å². The monoisotopic (exact) mass is 461 g/mol. The molecule has 3 rings (SSSR count). The molecular formula is C20H20PPdS2-. The van der Waals surface area contributed by atoms with Gasteiger partial charge >= 0.3 is 0 Å². The third kappa shape index (κ3) is 6.75. The number of rotatable bonds is 4. The summed E-state index contributed by atoms with van der Waals surface area (Å²) in [5, 5.41) is 4.31. The zero-order chi connectivity index (χ0) is 16.3. The van der Waals surface area contributed by atoms with Crippen LogP contribution in [0.2, 0.25) is 0 Å². The van der Waals surface area contributed by atoms with Crippen LogP contribution in [0, 0.1) is 0 Å². The molecule has 0 saturated carbocycles. The van der Waals surface area contributed by atoms with Gasteiger partial charge in [0.15, 0.2) is 0 Å². The van der Waals surface area contributed by atoms with Gasteiger partial charge in [0, 0.05) is 20.4 Å². The van der Waals surface area contributed by atoms with E-state index in [0.717, 1.165) is 11.5 Å². The standard InChI is InChI=1S/C18H15P.C2H6S2.Pd/c1-4-10-16(11-5-1)19(17-12-6-2-7-13-17)18-14-8-3-9-15-18;3-1-2-4;/h1-15H;3-4H,1-2H2;/p-1. The molecule has 0 N–H and O–H groups in total. The van der Waals surface area contributed by atoms with E-state index in [1.807, 2.05) is 0 Å². The maximum atomic E-state index is 4.45. The Labute approximate surface area is 171 Å². The van der Waals surface area contributed by atoms with Gasteiger partial charge < -0.3 is 25.3 Å². The molecule has 0 aromatic heterocycles. The van der Waals surface area contributed by atoms with Gasteiger partial charge in [-0.2, -0.15) is 11.5 Å². The zero-order valence-corrected chi connectivity index (χ0v) is 17.4. The average Bonchev–Trinajstić information content (AvgIpc) is 2.65. The Balaban J connectivity index is 0.000000522. The number of benzene rings is 3. The van der Waals surface area contributed by atoms with Crippen molar-refractivity contribution < 1.29 is 20.4 Å². The Morgan fingerprint density at radius 2 is 0.750 bits per heavy atom. The van der Waals surface area contributed by atoms with Crippen molar-refractivity contribution in [3.05, 3.63) is 91.0 Å². The van der Waals surface area contributed by atoms with Crippen LogP contribution in [0.1, 0.15) is 0 Å². The smallest absolute Gasteiger partial charge is 0.102 e. The van der Waals surface area contributed by atoms with Crippen LogP contribution in [0.5, 0.6) is 0 Å². The minimum absolute atomic E-state index is 0. The Morgan fingerprint density at radius 1 is 0.500 bits per heavy atom. The zero-order valence-electron chi connectivity index (χ0n) is 13.2. The minimum Gasteiger partial charge on any atom is -0.794 e. The predicted molar refractivity (Wildman–Crippen MR) is 111 cm³/mol. The fraction of sp³-hybridized carbons (Fsp3) is 0.100. The van der Waals surface area contributed by atoms with E-state index < -0.39 is 7.92 Å². The molecule has 0 fully saturated rings. The molecule has 4 heteroatoms. The van der Waals surface area contributed by atoms with Gasteiger partial charge in [-0.25, -0.2) is 0 Å². The largest absolute Gasteiger partial charge is 0.794 e. The van der Waals surface area contributed by atoms with Gasteiger partial charge in [-0.1, -0.05) is 54.6 Å². The summed E-state index contributed by atoms with van der Waals surface area (Å²) in [5.41, 5.74) is 0. The number of hydrogen-bond donors (Lipinski definition) is 0. The second-order valence-corrected chi connectivity index (χ2v) is 8.18. The van der Waals surface area contributed by atoms with Crippen LogP contribution < -0.4 is 15.9 Å². The minimum atomic E-state index is -0.877. The van der Waals surface area contributed by atoms with E-state index in [1.54, 1.807) is 0 Å². The molecule has 0 spiro atoms. The van der Waals surface area contributed by atoms with Gasteiger partial charge in [0.05, 0.1) is 7.92 Å². The van der Waals surface area contributed by atoms with Crippen molar-refractivity contribution in [3.63, 3.8) is 0 Å². The van der Waals surface area contributed by atoms with Crippen molar-refractivity contribution in [2.45, 2.75) is 0 Å². The van der Waals surface area contributed by atoms with Crippen molar-refractivity contribution in [3.8, 4) is 0 Å². The molecule has 0 bridgehead atoms. The molecule has 0 heterocycles. The van der Waals surface area contributed by atoms with E-state index >= 15 is 0 Å². The second kappa shape index (κ2) is 12.8. The first-order valence-corrected chi connectivity index (χ1v) is 10.2. The van der Waals surface area contributed by atoms with Gasteiger partial charge in [-0.3, -0.25) is 0 Å². The quantitative estimate of drug-likeness (QED) is 0.332. The van der Waals surface area contributed by atoms with Crippen LogP contribution in [0.4, 0.5) is 0 Å². The van der Waals surface area contributed by atoms with Gasteiger partial charge in [0.1, 0.15) is 15.9 Å². The van der Waals surface area contributed by atoms with E-state index in [2.05, 4.69) is 116 Å². The Morgan fingerprint density at radius 3 is 0.958 bits per heavy atom. The molecular weight excluding hydrogens is 442 g/mol. The maximum Gasteiger partial charge on any atom is 0.102 e. The van der Waals surface area contributed by atoms with E-state index in [-0.39, 0.29) is 20.4 Å². The van der Waals surface area contributed by atoms with Crippen LogP contribution in [0.15, 0.2) is 91.0 Å². The first kappa shape index (κ1) is 21.5. The molecule has 3 aromatic carbocycles. The van der Waals surface area contributed by atoms with Crippen molar-refractivity contribution in [1.29, 1.82) is 0 Å². The van der Waals surface area contributed by atoms with Crippen LogP contribution in [0.25, 0.3) is 0 Å². The Hall–Kier alpha value is -0.548. The fourth-order valence-electron chi connectivity index (χ4n) is 2.31. The summed E-state index contributed by atoms with van der Waals surface area (Å²) in [5.74, 6) is 1.44. The van der Waals surface area contributed by atoms with Crippen LogP contribution in [-0.4, -0.2) is 11.5 Å².